The molecule has 0 aliphatic carbocycles. The van der Waals surface area contributed by atoms with E-state index in [4.69, 9.17) is 4.74 Å². The molecule has 1 saturated heterocycles. The second-order valence-corrected chi connectivity index (χ2v) is 4.74. The first-order chi connectivity index (χ1) is 8.29. The zero-order valence-corrected chi connectivity index (χ0v) is 10.8. The predicted molar refractivity (Wildman–Crippen MR) is 69.9 cm³/mol. The van der Waals surface area contributed by atoms with Gasteiger partial charge in [0.1, 0.15) is 0 Å². The van der Waals surface area contributed by atoms with Gasteiger partial charge in [-0.3, -0.25) is 4.90 Å². The smallest absolute Gasteiger partial charge is 0.0619 e. The SMILES string of the molecule is CNCc1cccc(CN2CCOCC2C)c1. The van der Waals surface area contributed by atoms with E-state index in [0.29, 0.717) is 6.04 Å². The summed E-state index contributed by atoms with van der Waals surface area (Å²) in [7, 11) is 1.98. The number of ether oxygens (including phenoxy) is 1. The lowest BCUT2D eigenvalue weighted by atomic mass is 10.1. The summed E-state index contributed by atoms with van der Waals surface area (Å²) in [5.74, 6) is 0. The number of rotatable bonds is 4. The summed E-state index contributed by atoms with van der Waals surface area (Å²) in [5, 5.41) is 3.19. The third-order valence-electron chi connectivity index (χ3n) is 3.26. The van der Waals surface area contributed by atoms with Gasteiger partial charge in [0.25, 0.3) is 0 Å². The molecule has 1 heterocycles. The summed E-state index contributed by atoms with van der Waals surface area (Å²) in [6, 6.07) is 9.34. The van der Waals surface area contributed by atoms with E-state index in [9.17, 15) is 0 Å². The maximum absolute atomic E-state index is 5.46. The van der Waals surface area contributed by atoms with Crippen LogP contribution in [-0.4, -0.2) is 37.7 Å². The van der Waals surface area contributed by atoms with Gasteiger partial charge in [-0.2, -0.15) is 0 Å². The Kier molecular flexibility index (Phi) is 4.54. The van der Waals surface area contributed by atoms with Crippen molar-refractivity contribution in [2.24, 2.45) is 0 Å². The average molecular weight is 234 g/mol. The van der Waals surface area contributed by atoms with Gasteiger partial charge in [-0.05, 0) is 25.1 Å². The topological polar surface area (TPSA) is 24.5 Å². The number of nitrogens with zero attached hydrogens (tertiary/aromatic N) is 1. The van der Waals surface area contributed by atoms with Gasteiger partial charge in [0.05, 0.1) is 13.2 Å². The highest BCUT2D eigenvalue weighted by Crippen LogP contribution is 2.13. The number of nitrogens with one attached hydrogen (secondary N) is 1. The van der Waals surface area contributed by atoms with Crippen LogP contribution in [0.25, 0.3) is 0 Å². The van der Waals surface area contributed by atoms with E-state index in [1.54, 1.807) is 0 Å². The Balaban J connectivity index is 1.99. The second-order valence-electron chi connectivity index (χ2n) is 4.74. The Morgan fingerprint density at radius 1 is 1.41 bits per heavy atom. The van der Waals surface area contributed by atoms with Crippen LogP contribution in [0.15, 0.2) is 24.3 Å². The van der Waals surface area contributed by atoms with E-state index in [-0.39, 0.29) is 0 Å². The van der Waals surface area contributed by atoms with Crippen molar-refractivity contribution < 1.29 is 4.74 Å². The summed E-state index contributed by atoms with van der Waals surface area (Å²) >= 11 is 0. The van der Waals surface area contributed by atoms with Crippen molar-refractivity contribution in [2.75, 3.05) is 26.8 Å². The zero-order chi connectivity index (χ0) is 12.1. The molecule has 3 heteroatoms. The molecule has 0 aromatic heterocycles. The number of benzene rings is 1. The van der Waals surface area contributed by atoms with E-state index in [2.05, 4.69) is 41.4 Å². The molecule has 1 N–H and O–H groups in total. The summed E-state index contributed by atoms with van der Waals surface area (Å²) in [6.45, 7) is 6.96. The lowest BCUT2D eigenvalue weighted by molar-refractivity contribution is -0.00437. The fourth-order valence-electron chi connectivity index (χ4n) is 2.27. The van der Waals surface area contributed by atoms with Crippen molar-refractivity contribution >= 4 is 0 Å². The van der Waals surface area contributed by atoms with E-state index >= 15 is 0 Å². The molecule has 1 fully saturated rings. The first-order valence-electron chi connectivity index (χ1n) is 6.34. The van der Waals surface area contributed by atoms with Crippen LogP contribution in [0.1, 0.15) is 18.1 Å². The summed E-state index contributed by atoms with van der Waals surface area (Å²) in [4.78, 5) is 2.49. The van der Waals surface area contributed by atoms with Gasteiger partial charge in [-0.15, -0.1) is 0 Å². The molecular formula is C14H22N2O. The zero-order valence-electron chi connectivity index (χ0n) is 10.8. The Labute approximate surface area is 104 Å². The van der Waals surface area contributed by atoms with Crippen molar-refractivity contribution in [3.63, 3.8) is 0 Å². The van der Waals surface area contributed by atoms with E-state index in [0.717, 1.165) is 32.8 Å². The molecule has 0 spiro atoms. The summed E-state index contributed by atoms with van der Waals surface area (Å²) in [6.07, 6.45) is 0. The Morgan fingerprint density at radius 3 is 3.00 bits per heavy atom. The molecular weight excluding hydrogens is 212 g/mol. The van der Waals surface area contributed by atoms with Crippen LogP contribution < -0.4 is 5.32 Å². The predicted octanol–water partition coefficient (Wildman–Crippen LogP) is 1.63. The molecule has 0 saturated carbocycles. The molecule has 0 radical (unpaired) electrons. The fourth-order valence-corrected chi connectivity index (χ4v) is 2.27. The van der Waals surface area contributed by atoms with Gasteiger partial charge in [0.15, 0.2) is 0 Å². The van der Waals surface area contributed by atoms with Crippen LogP contribution in [-0.2, 0) is 17.8 Å². The van der Waals surface area contributed by atoms with Crippen LogP contribution in [0.4, 0.5) is 0 Å². The van der Waals surface area contributed by atoms with Crippen LogP contribution >= 0.6 is 0 Å². The van der Waals surface area contributed by atoms with E-state index in [1.165, 1.54) is 11.1 Å². The molecule has 1 aliphatic rings. The Bertz CT molecular complexity index is 354. The molecule has 1 aliphatic heterocycles. The minimum Gasteiger partial charge on any atom is -0.379 e. The second kappa shape index (κ2) is 6.15. The lowest BCUT2D eigenvalue weighted by Gasteiger charge is -2.33. The van der Waals surface area contributed by atoms with Crippen molar-refractivity contribution in [3.05, 3.63) is 35.4 Å². The van der Waals surface area contributed by atoms with Crippen molar-refractivity contribution in [3.8, 4) is 0 Å². The number of hydrogen-bond donors (Lipinski definition) is 1. The lowest BCUT2D eigenvalue weighted by Crippen LogP contribution is -2.42. The normalized spacial score (nSPS) is 21.6. The number of hydrogen-bond acceptors (Lipinski definition) is 3. The molecule has 1 aromatic rings. The Morgan fingerprint density at radius 2 is 2.24 bits per heavy atom. The molecule has 17 heavy (non-hydrogen) atoms. The largest absolute Gasteiger partial charge is 0.379 e. The van der Waals surface area contributed by atoms with Gasteiger partial charge in [-0.25, -0.2) is 0 Å². The van der Waals surface area contributed by atoms with Gasteiger partial charge in [-0.1, -0.05) is 24.3 Å². The van der Waals surface area contributed by atoms with Crippen LogP contribution in [0.2, 0.25) is 0 Å². The fraction of sp³-hybridized carbons (Fsp3) is 0.571. The standard InChI is InChI=1S/C14H22N2O/c1-12-11-17-7-6-16(12)10-14-5-3-4-13(8-14)9-15-2/h3-5,8,12,15H,6-7,9-11H2,1-2H3. The molecule has 1 aromatic carbocycles. The average Bonchev–Trinajstić information content (AvgIpc) is 2.33. The summed E-state index contributed by atoms with van der Waals surface area (Å²) < 4.78 is 5.46. The number of morpholine rings is 1. The monoisotopic (exact) mass is 234 g/mol. The van der Waals surface area contributed by atoms with Gasteiger partial charge < -0.3 is 10.1 Å². The molecule has 1 atom stereocenters. The minimum atomic E-state index is 0.525. The van der Waals surface area contributed by atoms with Gasteiger partial charge in [0, 0.05) is 25.7 Å². The molecule has 2 rings (SSSR count). The third kappa shape index (κ3) is 3.53. The highest BCUT2D eigenvalue weighted by atomic mass is 16.5. The summed E-state index contributed by atoms with van der Waals surface area (Å²) in [5.41, 5.74) is 2.75. The molecule has 0 amide bonds. The molecule has 94 valence electrons. The first kappa shape index (κ1) is 12.6. The molecule has 3 nitrogen and oxygen atoms in total. The van der Waals surface area contributed by atoms with Crippen molar-refractivity contribution in [1.29, 1.82) is 0 Å². The third-order valence-corrected chi connectivity index (χ3v) is 3.26. The molecule has 0 bridgehead atoms. The highest BCUT2D eigenvalue weighted by molar-refractivity contribution is 5.23. The quantitative estimate of drug-likeness (QED) is 0.857. The van der Waals surface area contributed by atoms with Crippen LogP contribution in [0.5, 0.6) is 0 Å². The van der Waals surface area contributed by atoms with Crippen molar-refractivity contribution in [1.82, 2.24) is 10.2 Å². The van der Waals surface area contributed by atoms with Crippen molar-refractivity contribution in [2.45, 2.75) is 26.1 Å². The minimum absolute atomic E-state index is 0.525. The molecule has 1 unspecified atom stereocenters. The van der Waals surface area contributed by atoms with E-state index < -0.39 is 0 Å². The highest BCUT2D eigenvalue weighted by Gasteiger charge is 2.18. The first-order valence-corrected chi connectivity index (χ1v) is 6.34. The maximum Gasteiger partial charge on any atom is 0.0619 e. The van der Waals surface area contributed by atoms with Crippen LogP contribution in [0, 0.1) is 0 Å². The van der Waals surface area contributed by atoms with Gasteiger partial charge >= 0.3 is 0 Å². The van der Waals surface area contributed by atoms with Gasteiger partial charge in [0.2, 0.25) is 0 Å². The van der Waals surface area contributed by atoms with E-state index in [1.807, 2.05) is 7.05 Å². The van der Waals surface area contributed by atoms with Crippen LogP contribution in [0.3, 0.4) is 0 Å². The maximum atomic E-state index is 5.46. The Hall–Kier alpha value is -0.900.